The number of rotatable bonds is 4. The molecule has 1 fully saturated rings. The molecule has 0 radical (unpaired) electrons. The molecule has 0 saturated carbocycles. The van der Waals surface area contributed by atoms with Crippen LogP contribution in [0.2, 0.25) is 0 Å². The maximum absolute atomic E-state index is 14.2. The Bertz CT molecular complexity index is 644. The molecule has 1 N–H and O–H groups in total. The summed E-state index contributed by atoms with van der Waals surface area (Å²) in [7, 11) is 1.54. The molecule has 1 aromatic heterocycles. The molecule has 2 aromatic rings. The van der Waals surface area contributed by atoms with E-state index in [1.807, 2.05) is 6.92 Å². The molecule has 22 heavy (non-hydrogen) atoms. The van der Waals surface area contributed by atoms with Crippen molar-refractivity contribution < 1.29 is 13.9 Å². The summed E-state index contributed by atoms with van der Waals surface area (Å²) in [5.41, 5.74) is 2.79. The number of halogens is 1. The van der Waals surface area contributed by atoms with E-state index in [2.05, 4.69) is 15.1 Å². The van der Waals surface area contributed by atoms with Crippen LogP contribution >= 0.6 is 0 Å². The van der Waals surface area contributed by atoms with E-state index in [9.17, 15) is 4.39 Å². The Balaban J connectivity index is 1.81. The number of aromatic nitrogens is 2. The molecule has 0 bridgehead atoms. The fraction of sp³-hybridized carbons (Fsp3) is 0.438. The summed E-state index contributed by atoms with van der Waals surface area (Å²) in [5, 5.41) is 7.12. The lowest BCUT2D eigenvalue weighted by molar-refractivity contribution is -0.0149. The number of methoxy groups -OCH3 is 1. The Hall–Kier alpha value is -1.92. The molecule has 0 spiro atoms. The lowest BCUT2D eigenvalue weighted by Crippen LogP contribution is -2.39. The average Bonchev–Trinajstić information content (AvgIpc) is 2.96. The van der Waals surface area contributed by atoms with Gasteiger partial charge in [-0.15, -0.1) is 0 Å². The highest BCUT2D eigenvalue weighted by Crippen LogP contribution is 2.27. The SMILES string of the molecule is COc1ccc(CN2CCOC[C@@H]2c2[nH]ncc2C)c(F)c1. The maximum atomic E-state index is 14.2. The minimum absolute atomic E-state index is 0.0674. The van der Waals surface area contributed by atoms with Crippen LogP contribution in [0.15, 0.2) is 24.4 Å². The maximum Gasteiger partial charge on any atom is 0.131 e. The first kappa shape index (κ1) is 15.0. The second-order valence-electron chi connectivity index (χ2n) is 5.49. The van der Waals surface area contributed by atoms with E-state index in [0.29, 0.717) is 31.1 Å². The van der Waals surface area contributed by atoms with Crippen molar-refractivity contribution in [2.75, 3.05) is 26.9 Å². The van der Waals surface area contributed by atoms with Crippen LogP contribution in [0.4, 0.5) is 4.39 Å². The summed E-state index contributed by atoms with van der Waals surface area (Å²) in [6.07, 6.45) is 1.80. The van der Waals surface area contributed by atoms with Crippen LogP contribution in [-0.4, -0.2) is 42.0 Å². The molecular weight excluding hydrogens is 285 g/mol. The number of ether oxygens (including phenoxy) is 2. The van der Waals surface area contributed by atoms with Crippen LogP contribution in [0.1, 0.15) is 22.9 Å². The highest BCUT2D eigenvalue weighted by atomic mass is 19.1. The summed E-state index contributed by atoms with van der Waals surface area (Å²) in [6.45, 7) is 4.54. The van der Waals surface area contributed by atoms with Gasteiger partial charge in [-0.05, 0) is 18.6 Å². The van der Waals surface area contributed by atoms with Crippen molar-refractivity contribution in [3.8, 4) is 5.75 Å². The molecule has 3 rings (SSSR count). The summed E-state index contributed by atoms with van der Waals surface area (Å²) in [5.74, 6) is 0.287. The Labute approximate surface area is 129 Å². The second-order valence-corrected chi connectivity index (χ2v) is 5.49. The van der Waals surface area contributed by atoms with Crippen molar-refractivity contribution in [1.82, 2.24) is 15.1 Å². The van der Waals surface area contributed by atoms with E-state index >= 15 is 0 Å². The van der Waals surface area contributed by atoms with Gasteiger partial charge in [0.2, 0.25) is 0 Å². The highest BCUT2D eigenvalue weighted by molar-refractivity contribution is 5.29. The molecule has 1 aromatic carbocycles. The molecule has 118 valence electrons. The predicted molar refractivity (Wildman–Crippen MR) is 80.2 cm³/mol. The molecule has 0 aliphatic carbocycles. The zero-order chi connectivity index (χ0) is 15.5. The van der Waals surface area contributed by atoms with Crippen LogP contribution in [0, 0.1) is 12.7 Å². The lowest BCUT2D eigenvalue weighted by atomic mass is 10.1. The number of nitrogens with zero attached hydrogens (tertiary/aromatic N) is 2. The summed E-state index contributed by atoms with van der Waals surface area (Å²) < 4.78 is 24.8. The molecule has 0 amide bonds. The van der Waals surface area contributed by atoms with E-state index in [4.69, 9.17) is 9.47 Å². The van der Waals surface area contributed by atoms with Gasteiger partial charge < -0.3 is 9.47 Å². The van der Waals surface area contributed by atoms with Gasteiger partial charge in [-0.1, -0.05) is 6.07 Å². The van der Waals surface area contributed by atoms with Crippen molar-refractivity contribution in [3.05, 3.63) is 47.0 Å². The molecule has 1 saturated heterocycles. The third-order valence-corrected chi connectivity index (χ3v) is 4.07. The molecule has 0 unspecified atom stereocenters. The topological polar surface area (TPSA) is 50.4 Å². The normalized spacial score (nSPS) is 19.3. The fourth-order valence-electron chi connectivity index (χ4n) is 2.79. The third kappa shape index (κ3) is 2.98. The van der Waals surface area contributed by atoms with Crippen LogP contribution in [0.5, 0.6) is 5.75 Å². The molecule has 1 atom stereocenters. The second kappa shape index (κ2) is 6.46. The van der Waals surface area contributed by atoms with Crippen LogP contribution in [0.25, 0.3) is 0 Å². The quantitative estimate of drug-likeness (QED) is 0.942. The number of aromatic amines is 1. The fourth-order valence-corrected chi connectivity index (χ4v) is 2.79. The van der Waals surface area contributed by atoms with E-state index in [1.165, 1.54) is 13.2 Å². The van der Waals surface area contributed by atoms with Gasteiger partial charge in [0.1, 0.15) is 11.6 Å². The number of hydrogen-bond donors (Lipinski definition) is 1. The molecule has 5 nitrogen and oxygen atoms in total. The smallest absolute Gasteiger partial charge is 0.131 e. The number of nitrogens with one attached hydrogen (secondary N) is 1. The van der Waals surface area contributed by atoms with Crippen LogP contribution in [-0.2, 0) is 11.3 Å². The summed E-state index contributed by atoms with van der Waals surface area (Å²) in [4.78, 5) is 2.22. The zero-order valence-electron chi connectivity index (χ0n) is 12.8. The Morgan fingerprint density at radius 3 is 3.05 bits per heavy atom. The number of morpholine rings is 1. The molecule has 6 heteroatoms. The van der Waals surface area contributed by atoms with Crippen molar-refractivity contribution in [1.29, 1.82) is 0 Å². The highest BCUT2D eigenvalue weighted by Gasteiger charge is 2.27. The first-order valence-corrected chi connectivity index (χ1v) is 7.33. The first-order chi connectivity index (χ1) is 10.7. The molecule has 1 aliphatic heterocycles. The minimum Gasteiger partial charge on any atom is -0.497 e. The molecule has 1 aliphatic rings. The van der Waals surface area contributed by atoms with Crippen LogP contribution in [0.3, 0.4) is 0 Å². The minimum atomic E-state index is -0.245. The number of aryl methyl sites for hydroxylation is 1. The van der Waals surface area contributed by atoms with Gasteiger partial charge in [-0.25, -0.2) is 4.39 Å². The third-order valence-electron chi connectivity index (χ3n) is 4.07. The van der Waals surface area contributed by atoms with Crippen molar-refractivity contribution in [2.45, 2.75) is 19.5 Å². The number of H-pyrrole nitrogens is 1. The Morgan fingerprint density at radius 1 is 1.50 bits per heavy atom. The van der Waals surface area contributed by atoms with Crippen molar-refractivity contribution in [3.63, 3.8) is 0 Å². The predicted octanol–water partition coefficient (Wildman–Crippen LogP) is 2.44. The van der Waals surface area contributed by atoms with E-state index in [-0.39, 0.29) is 11.9 Å². The largest absolute Gasteiger partial charge is 0.497 e. The van der Waals surface area contributed by atoms with Gasteiger partial charge in [0, 0.05) is 24.7 Å². The Kier molecular flexibility index (Phi) is 4.40. The molecule has 2 heterocycles. The van der Waals surface area contributed by atoms with Gasteiger partial charge in [-0.2, -0.15) is 5.10 Å². The average molecular weight is 305 g/mol. The van der Waals surface area contributed by atoms with Crippen molar-refractivity contribution in [2.24, 2.45) is 0 Å². The number of benzene rings is 1. The van der Waals surface area contributed by atoms with Gasteiger partial charge in [-0.3, -0.25) is 10.00 Å². The van der Waals surface area contributed by atoms with Crippen LogP contribution < -0.4 is 4.74 Å². The van der Waals surface area contributed by atoms with Gasteiger partial charge >= 0.3 is 0 Å². The van der Waals surface area contributed by atoms with Gasteiger partial charge in [0.15, 0.2) is 0 Å². The molecular formula is C16H20FN3O2. The van der Waals surface area contributed by atoms with Crippen molar-refractivity contribution >= 4 is 0 Å². The van der Waals surface area contributed by atoms with E-state index in [0.717, 1.165) is 17.8 Å². The summed E-state index contributed by atoms with van der Waals surface area (Å²) >= 11 is 0. The standard InChI is InChI=1S/C16H20FN3O2/c1-11-8-18-19-16(11)15-10-22-6-5-20(15)9-12-3-4-13(21-2)7-14(12)17/h3-4,7-8,15H,5-6,9-10H2,1-2H3,(H,18,19)/t15-/m1/s1. The van der Waals surface area contributed by atoms with Gasteiger partial charge in [0.25, 0.3) is 0 Å². The first-order valence-electron chi connectivity index (χ1n) is 7.33. The zero-order valence-corrected chi connectivity index (χ0v) is 12.8. The Morgan fingerprint density at radius 2 is 2.36 bits per heavy atom. The van der Waals surface area contributed by atoms with E-state index < -0.39 is 0 Å². The number of hydrogen-bond acceptors (Lipinski definition) is 4. The monoisotopic (exact) mass is 305 g/mol. The van der Waals surface area contributed by atoms with E-state index in [1.54, 1.807) is 18.3 Å². The lowest BCUT2D eigenvalue weighted by Gasteiger charge is -2.35. The van der Waals surface area contributed by atoms with Gasteiger partial charge in [0.05, 0.1) is 38.3 Å². The summed E-state index contributed by atoms with van der Waals surface area (Å²) in [6, 6.07) is 5.06.